The monoisotopic (exact) mass is 448 g/mol. The van der Waals surface area contributed by atoms with Gasteiger partial charge in [-0.1, -0.05) is 12.1 Å². The van der Waals surface area contributed by atoms with E-state index in [1.165, 1.54) is 11.1 Å². The Hall–Kier alpha value is -3.52. The molecule has 0 spiro atoms. The van der Waals surface area contributed by atoms with Crippen LogP contribution in [0.1, 0.15) is 17.5 Å². The van der Waals surface area contributed by atoms with E-state index in [0.29, 0.717) is 12.6 Å². The smallest absolute Gasteiger partial charge is 0.191 e. The van der Waals surface area contributed by atoms with Crippen molar-refractivity contribution in [2.75, 3.05) is 34.4 Å². The maximum absolute atomic E-state index is 5.40. The fourth-order valence-electron chi connectivity index (χ4n) is 4.07. The molecule has 0 amide bonds. The molecule has 8 heteroatoms. The number of hydrogen-bond donors (Lipinski definition) is 2. The Morgan fingerprint density at radius 2 is 1.85 bits per heavy atom. The molecular weight excluding hydrogens is 416 g/mol. The molecule has 1 atom stereocenters. The highest BCUT2D eigenvalue weighted by molar-refractivity contribution is 5.80. The van der Waals surface area contributed by atoms with Crippen LogP contribution in [0.4, 0.5) is 0 Å². The summed E-state index contributed by atoms with van der Waals surface area (Å²) < 4.78 is 12.7. The third kappa shape index (κ3) is 6.04. The SMILES string of the molecule is CN=C(NCc1ccc(-n2cccn2)cc1)NC1CCN(Cc2cc(OC)cc(OC)c2)C1. The van der Waals surface area contributed by atoms with Crippen molar-refractivity contribution in [2.45, 2.75) is 25.6 Å². The van der Waals surface area contributed by atoms with Gasteiger partial charge in [0.2, 0.25) is 0 Å². The first-order chi connectivity index (χ1) is 16.2. The van der Waals surface area contributed by atoms with Crippen LogP contribution < -0.4 is 20.1 Å². The molecule has 2 N–H and O–H groups in total. The standard InChI is InChI=1S/C25H32N6O2/c1-26-25(27-16-19-5-7-22(8-6-19)31-11-4-10-28-31)29-21-9-12-30(18-21)17-20-13-23(32-2)15-24(14-20)33-3/h4-8,10-11,13-15,21H,9,12,16-18H2,1-3H3,(H2,26,27,29). The summed E-state index contributed by atoms with van der Waals surface area (Å²) >= 11 is 0. The van der Waals surface area contributed by atoms with Crippen molar-refractivity contribution in [1.29, 1.82) is 0 Å². The molecule has 8 nitrogen and oxygen atoms in total. The van der Waals surface area contributed by atoms with E-state index in [-0.39, 0.29) is 0 Å². The molecule has 0 radical (unpaired) electrons. The maximum atomic E-state index is 5.40. The van der Waals surface area contributed by atoms with Gasteiger partial charge in [0, 0.05) is 57.7 Å². The van der Waals surface area contributed by atoms with Gasteiger partial charge in [-0.2, -0.15) is 5.10 Å². The second-order valence-corrected chi connectivity index (χ2v) is 8.13. The summed E-state index contributed by atoms with van der Waals surface area (Å²) in [7, 11) is 5.17. The van der Waals surface area contributed by atoms with Crippen LogP contribution in [-0.4, -0.2) is 61.0 Å². The minimum Gasteiger partial charge on any atom is -0.497 e. The Bertz CT molecular complexity index is 1030. The highest BCUT2D eigenvalue weighted by atomic mass is 16.5. The Labute approximate surface area is 195 Å². The largest absolute Gasteiger partial charge is 0.497 e. The lowest BCUT2D eigenvalue weighted by Gasteiger charge is -2.19. The molecule has 33 heavy (non-hydrogen) atoms. The second kappa shape index (κ2) is 10.9. The molecule has 0 saturated carbocycles. The topological polar surface area (TPSA) is 75.9 Å². The molecule has 0 aliphatic carbocycles. The minimum absolute atomic E-state index is 0.353. The summed E-state index contributed by atoms with van der Waals surface area (Å²) in [5, 5.41) is 11.3. The van der Waals surface area contributed by atoms with Crippen LogP contribution in [0.5, 0.6) is 11.5 Å². The predicted molar refractivity (Wildman–Crippen MR) is 130 cm³/mol. The maximum Gasteiger partial charge on any atom is 0.191 e. The molecule has 0 bridgehead atoms. The number of hydrogen-bond acceptors (Lipinski definition) is 5. The van der Waals surface area contributed by atoms with Gasteiger partial charge in [0.1, 0.15) is 11.5 Å². The third-order valence-corrected chi connectivity index (χ3v) is 5.82. The van der Waals surface area contributed by atoms with Crippen LogP contribution in [0.3, 0.4) is 0 Å². The van der Waals surface area contributed by atoms with E-state index in [2.05, 4.69) is 62.0 Å². The van der Waals surface area contributed by atoms with E-state index < -0.39 is 0 Å². The van der Waals surface area contributed by atoms with Crippen LogP contribution in [0.15, 0.2) is 65.9 Å². The summed E-state index contributed by atoms with van der Waals surface area (Å²) in [6.45, 7) is 3.56. The van der Waals surface area contributed by atoms with Gasteiger partial charge in [-0.3, -0.25) is 9.89 Å². The molecule has 1 aliphatic heterocycles. The first-order valence-corrected chi connectivity index (χ1v) is 11.2. The molecule has 1 fully saturated rings. The number of nitrogens with one attached hydrogen (secondary N) is 2. The van der Waals surface area contributed by atoms with Gasteiger partial charge < -0.3 is 20.1 Å². The van der Waals surface area contributed by atoms with Crippen molar-refractivity contribution in [3.8, 4) is 17.2 Å². The zero-order valence-electron chi connectivity index (χ0n) is 19.5. The molecule has 1 aliphatic rings. The number of guanidine groups is 1. The molecule has 1 saturated heterocycles. The molecular formula is C25H32N6O2. The van der Waals surface area contributed by atoms with Gasteiger partial charge in [0.15, 0.2) is 5.96 Å². The second-order valence-electron chi connectivity index (χ2n) is 8.13. The van der Waals surface area contributed by atoms with E-state index in [1.807, 2.05) is 30.1 Å². The van der Waals surface area contributed by atoms with Crippen molar-refractivity contribution in [3.05, 3.63) is 72.1 Å². The molecule has 174 valence electrons. The first kappa shape index (κ1) is 22.7. The van der Waals surface area contributed by atoms with Crippen molar-refractivity contribution in [1.82, 2.24) is 25.3 Å². The summed E-state index contributed by atoms with van der Waals surface area (Å²) in [6.07, 6.45) is 4.79. The number of likely N-dealkylation sites (tertiary alicyclic amines) is 1. The Kier molecular flexibility index (Phi) is 7.47. The van der Waals surface area contributed by atoms with Crippen LogP contribution in [0, 0.1) is 0 Å². The normalized spacial score (nSPS) is 16.6. The van der Waals surface area contributed by atoms with E-state index in [9.17, 15) is 0 Å². The summed E-state index contributed by atoms with van der Waals surface area (Å²) in [5.41, 5.74) is 3.42. The number of methoxy groups -OCH3 is 2. The lowest BCUT2D eigenvalue weighted by molar-refractivity contribution is 0.321. The number of ether oxygens (including phenoxy) is 2. The van der Waals surface area contributed by atoms with Gasteiger partial charge >= 0.3 is 0 Å². The average Bonchev–Trinajstić information content (AvgIpc) is 3.54. The number of rotatable bonds is 8. The lowest BCUT2D eigenvalue weighted by atomic mass is 10.2. The summed E-state index contributed by atoms with van der Waals surface area (Å²) in [4.78, 5) is 6.85. The van der Waals surface area contributed by atoms with Crippen molar-refractivity contribution in [2.24, 2.45) is 4.99 Å². The first-order valence-electron chi connectivity index (χ1n) is 11.2. The van der Waals surface area contributed by atoms with E-state index in [4.69, 9.17) is 9.47 Å². The number of aromatic nitrogens is 2. The quantitative estimate of drug-likeness (QED) is 0.408. The summed E-state index contributed by atoms with van der Waals surface area (Å²) in [5.74, 6) is 2.46. The molecule has 2 heterocycles. The van der Waals surface area contributed by atoms with Gasteiger partial charge in [-0.05, 0) is 47.9 Å². The van der Waals surface area contributed by atoms with Gasteiger partial charge in [-0.15, -0.1) is 0 Å². The fourth-order valence-corrected chi connectivity index (χ4v) is 4.07. The highest BCUT2D eigenvalue weighted by Crippen LogP contribution is 2.24. The lowest BCUT2D eigenvalue weighted by Crippen LogP contribution is -2.44. The Balaban J connectivity index is 1.26. The Morgan fingerprint density at radius 1 is 1.09 bits per heavy atom. The van der Waals surface area contributed by atoms with E-state index in [0.717, 1.165) is 49.2 Å². The third-order valence-electron chi connectivity index (χ3n) is 5.82. The van der Waals surface area contributed by atoms with Gasteiger partial charge in [0.05, 0.1) is 19.9 Å². The van der Waals surface area contributed by atoms with Crippen LogP contribution in [0.2, 0.25) is 0 Å². The molecule has 3 aromatic rings. The van der Waals surface area contributed by atoms with Crippen molar-refractivity contribution >= 4 is 5.96 Å². The average molecular weight is 449 g/mol. The number of benzene rings is 2. The van der Waals surface area contributed by atoms with Crippen molar-refractivity contribution in [3.63, 3.8) is 0 Å². The van der Waals surface area contributed by atoms with Crippen LogP contribution >= 0.6 is 0 Å². The van der Waals surface area contributed by atoms with E-state index in [1.54, 1.807) is 20.4 Å². The zero-order valence-corrected chi connectivity index (χ0v) is 19.5. The predicted octanol–water partition coefficient (Wildman–Crippen LogP) is 2.83. The van der Waals surface area contributed by atoms with Gasteiger partial charge in [0.25, 0.3) is 0 Å². The van der Waals surface area contributed by atoms with Crippen molar-refractivity contribution < 1.29 is 9.47 Å². The number of nitrogens with zero attached hydrogens (tertiary/aromatic N) is 4. The molecule has 2 aromatic carbocycles. The minimum atomic E-state index is 0.353. The summed E-state index contributed by atoms with van der Waals surface area (Å²) in [6, 6.07) is 16.7. The Morgan fingerprint density at radius 3 is 2.48 bits per heavy atom. The molecule has 1 unspecified atom stereocenters. The molecule has 1 aromatic heterocycles. The zero-order chi connectivity index (χ0) is 23.0. The molecule has 4 rings (SSSR count). The highest BCUT2D eigenvalue weighted by Gasteiger charge is 2.23. The van der Waals surface area contributed by atoms with Gasteiger partial charge in [-0.25, -0.2) is 4.68 Å². The van der Waals surface area contributed by atoms with Crippen LogP contribution in [-0.2, 0) is 13.1 Å². The number of aliphatic imine (C=N–C) groups is 1. The van der Waals surface area contributed by atoms with Crippen LogP contribution in [0.25, 0.3) is 5.69 Å². The van der Waals surface area contributed by atoms with E-state index >= 15 is 0 Å². The fraction of sp³-hybridized carbons (Fsp3) is 0.360.